The van der Waals surface area contributed by atoms with E-state index in [2.05, 4.69) is 10.6 Å². The van der Waals surface area contributed by atoms with Gasteiger partial charge in [-0.3, -0.25) is 0 Å². The molecule has 0 spiro atoms. The number of carboxylic acids is 1. The number of urea groups is 1. The molecule has 110 valence electrons. The number of amides is 2. The largest absolute Gasteiger partial charge is 0.480 e. The van der Waals surface area contributed by atoms with Gasteiger partial charge in [-0.15, -0.1) is 0 Å². The zero-order valence-corrected chi connectivity index (χ0v) is 11.7. The Labute approximate surface area is 113 Å². The highest BCUT2D eigenvalue weighted by Gasteiger charge is 2.36. The Kier molecular flexibility index (Phi) is 6.08. The van der Waals surface area contributed by atoms with Gasteiger partial charge in [0, 0.05) is 13.2 Å². The van der Waals surface area contributed by atoms with Crippen LogP contribution in [0.1, 0.15) is 46.0 Å². The van der Waals surface area contributed by atoms with Gasteiger partial charge in [0.05, 0.1) is 6.10 Å². The van der Waals surface area contributed by atoms with Crippen molar-refractivity contribution in [3.05, 3.63) is 0 Å². The maximum Gasteiger partial charge on any atom is 0.329 e. The number of aliphatic carboxylic acids is 1. The molecule has 0 saturated carbocycles. The molecule has 1 atom stereocenters. The first-order chi connectivity index (χ1) is 9.04. The van der Waals surface area contributed by atoms with Crippen molar-refractivity contribution in [2.75, 3.05) is 13.2 Å². The normalized spacial score (nSPS) is 19.2. The third-order valence-electron chi connectivity index (χ3n) is 3.75. The van der Waals surface area contributed by atoms with E-state index >= 15 is 0 Å². The third-order valence-corrected chi connectivity index (χ3v) is 3.75. The van der Waals surface area contributed by atoms with Crippen LogP contribution in [0.15, 0.2) is 0 Å². The van der Waals surface area contributed by atoms with Gasteiger partial charge in [0.2, 0.25) is 0 Å². The Bertz CT molecular complexity index is 310. The van der Waals surface area contributed by atoms with Gasteiger partial charge in [-0.2, -0.15) is 0 Å². The van der Waals surface area contributed by atoms with Gasteiger partial charge < -0.3 is 20.5 Å². The number of carbonyl (C=O) groups excluding carboxylic acids is 1. The summed E-state index contributed by atoms with van der Waals surface area (Å²) in [5, 5.41) is 14.5. The van der Waals surface area contributed by atoms with Crippen molar-refractivity contribution >= 4 is 12.0 Å². The molecule has 0 aromatic rings. The second-order valence-corrected chi connectivity index (χ2v) is 4.90. The predicted octanol–water partition coefficient (Wildman–Crippen LogP) is 1.50. The van der Waals surface area contributed by atoms with Crippen LogP contribution >= 0.6 is 0 Å². The van der Waals surface area contributed by atoms with Gasteiger partial charge >= 0.3 is 12.0 Å². The van der Waals surface area contributed by atoms with Crippen molar-refractivity contribution in [1.29, 1.82) is 0 Å². The monoisotopic (exact) mass is 272 g/mol. The van der Waals surface area contributed by atoms with Crippen LogP contribution in [0.4, 0.5) is 4.79 Å². The first-order valence-electron chi connectivity index (χ1n) is 6.95. The standard InChI is InChI=1S/C13H24N2O4/c1-3-13(4-2,11(16)17)15-12(18)14-8-7-10-6-5-9-19-10/h10H,3-9H2,1-2H3,(H,16,17)(H2,14,15,18). The summed E-state index contributed by atoms with van der Waals surface area (Å²) >= 11 is 0. The lowest BCUT2D eigenvalue weighted by Gasteiger charge is -2.28. The van der Waals surface area contributed by atoms with E-state index < -0.39 is 17.5 Å². The number of nitrogens with one attached hydrogen (secondary N) is 2. The summed E-state index contributed by atoms with van der Waals surface area (Å²) in [5.41, 5.74) is -1.17. The summed E-state index contributed by atoms with van der Waals surface area (Å²) in [6.07, 6.45) is 3.82. The molecular weight excluding hydrogens is 248 g/mol. The number of rotatable bonds is 7. The van der Waals surface area contributed by atoms with E-state index in [-0.39, 0.29) is 6.10 Å². The number of hydrogen-bond acceptors (Lipinski definition) is 3. The molecule has 0 radical (unpaired) electrons. The quantitative estimate of drug-likeness (QED) is 0.655. The molecule has 1 heterocycles. The highest BCUT2D eigenvalue weighted by atomic mass is 16.5. The lowest BCUT2D eigenvalue weighted by Crippen LogP contribution is -2.56. The van der Waals surface area contributed by atoms with E-state index in [0.29, 0.717) is 19.4 Å². The van der Waals surface area contributed by atoms with Gasteiger partial charge in [-0.05, 0) is 32.1 Å². The lowest BCUT2D eigenvalue weighted by atomic mass is 9.93. The maximum atomic E-state index is 11.7. The fourth-order valence-electron chi connectivity index (χ4n) is 2.26. The van der Waals surface area contributed by atoms with Crippen LogP contribution in [0, 0.1) is 0 Å². The van der Waals surface area contributed by atoms with Crippen LogP contribution in [0.3, 0.4) is 0 Å². The zero-order chi connectivity index (χ0) is 14.3. The molecule has 6 heteroatoms. The van der Waals surface area contributed by atoms with Gasteiger partial charge in [0.25, 0.3) is 0 Å². The Balaban J connectivity index is 2.33. The zero-order valence-electron chi connectivity index (χ0n) is 11.7. The van der Waals surface area contributed by atoms with E-state index in [1.807, 2.05) is 0 Å². The highest BCUT2D eigenvalue weighted by molar-refractivity contribution is 5.86. The average Bonchev–Trinajstić information content (AvgIpc) is 2.89. The van der Waals surface area contributed by atoms with Crippen LogP contribution in [-0.4, -0.2) is 41.9 Å². The first kappa shape index (κ1) is 15.8. The number of carbonyl (C=O) groups is 2. The fourth-order valence-corrected chi connectivity index (χ4v) is 2.26. The van der Waals surface area contributed by atoms with E-state index in [1.54, 1.807) is 13.8 Å². The Morgan fingerprint density at radius 3 is 2.53 bits per heavy atom. The topological polar surface area (TPSA) is 87.7 Å². The minimum Gasteiger partial charge on any atom is -0.480 e. The van der Waals surface area contributed by atoms with Crippen molar-refractivity contribution < 1.29 is 19.4 Å². The Morgan fingerprint density at radius 2 is 2.05 bits per heavy atom. The van der Waals surface area contributed by atoms with Gasteiger partial charge in [0.15, 0.2) is 0 Å². The molecular formula is C13H24N2O4. The molecule has 1 fully saturated rings. The second-order valence-electron chi connectivity index (χ2n) is 4.90. The SMILES string of the molecule is CCC(CC)(NC(=O)NCCC1CCCO1)C(=O)O. The maximum absolute atomic E-state index is 11.7. The van der Waals surface area contributed by atoms with Crippen LogP contribution in [0.25, 0.3) is 0 Å². The van der Waals surface area contributed by atoms with Gasteiger partial charge in [0.1, 0.15) is 5.54 Å². The van der Waals surface area contributed by atoms with Gasteiger partial charge in [-0.1, -0.05) is 13.8 Å². The molecule has 0 aromatic carbocycles. The lowest BCUT2D eigenvalue weighted by molar-refractivity contribution is -0.144. The van der Waals surface area contributed by atoms with Crippen LogP contribution in [0.5, 0.6) is 0 Å². The molecule has 0 bridgehead atoms. The third kappa shape index (κ3) is 4.38. The van der Waals surface area contributed by atoms with E-state index in [4.69, 9.17) is 4.74 Å². The summed E-state index contributed by atoms with van der Waals surface area (Å²) in [4.78, 5) is 23.0. The molecule has 1 saturated heterocycles. The molecule has 6 nitrogen and oxygen atoms in total. The van der Waals surface area contributed by atoms with Crippen LogP contribution < -0.4 is 10.6 Å². The van der Waals surface area contributed by atoms with Gasteiger partial charge in [-0.25, -0.2) is 9.59 Å². The van der Waals surface area contributed by atoms with Crippen molar-refractivity contribution in [3.8, 4) is 0 Å². The molecule has 2 amide bonds. The molecule has 1 aliphatic heterocycles. The molecule has 19 heavy (non-hydrogen) atoms. The molecule has 1 unspecified atom stereocenters. The summed E-state index contributed by atoms with van der Waals surface area (Å²) in [6.45, 7) is 4.80. The van der Waals surface area contributed by atoms with E-state index in [1.165, 1.54) is 0 Å². The molecule has 0 aromatic heterocycles. The minimum absolute atomic E-state index is 0.224. The van der Waals surface area contributed by atoms with Crippen LogP contribution in [-0.2, 0) is 9.53 Å². The average molecular weight is 272 g/mol. The van der Waals surface area contributed by atoms with Crippen molar-refractivity contribution in [1.82, 2.24) is 10.6 Å². The number of ether oxygens (including phenoxy) is 1. The van der Waals surface area contributed by atoms with Crippen molar-refractivity contribution in [2.45, 2.75) is 57.6 Å². The number of carboxylic acid groups (broad SMARTS) is 1. The summed E-state index contributed by atoms with van der Waals surface area (Å²) in [5.74, 6) is -0.994. The van der Waals surface area contributed by atoms with E-state index in [9.17, 15) is 14.7 Å². The van der Waals surface area contributed by atoms with Crippen molar-refractivity contribution in [2.24, 2.45) is 0 Å². The Hall–Kier alpha value is -1.30. The number of hydrogen-bond donors (Lipinski definition) is 3. The van der Waals surface area contributed by atoms with Crippen molar-refractivity contribution in [3.63, 3.8) is 0 Å². The first-order valence-corrected chi connectivity index (χ1v) is 6.95. The van der Waals surface area contributed by atoms with Crippen LogP contribution in [0.2, 0.25) is 0 Å². The second kappa shape index (κ2) is 7.33. The minimum atomic E-state index is -1.17. The summed E-state index contributed by atoms with van der Waals surface area (Å²) < 4.78 is 5.45. The molecule has 0 aliphatic carbocycles. The molecule has 1 rings (SSSR count). The van der Waals surface area contributed by atoms with E-state index in [0.717, 1.165) is 25.9 Å². The highest BCUT2D eigenvalue weighted by Crippen LogP contribution is 2.16. The predicted molar refractivity (Wildman–Crippen MR) is 71.1 cm³/mol. The fraction of sp³-hybridized carbons (Fsp3) is 0.846. The summed E-state index contributed by atoms with van der Waals surface area (Å²) in [6, 6.07) is -0.427. The molecule has 1 aliphatic rings. The summed E-state index contributed by atoms with van der Waals surface area (Å²) in [7, 11) is 0. The molecule has 3 N–H and O–H groups in total. The smallest absolute Gasteiger partial charge is 0.329 e. The Morgan fingerprint density at radius 1 is 1.37 bits per heavy atom.